The van der Waals surface area contributed by atoms with Gasteiger partial charge in [-0.05, 0) is 49.4 Å². The first-order valence-corrected chi connectivity index (χ1v) is 13.4. The highest BCUT2D eigenvalue weighted by Gasteiger charge is 2.35. The molecule has 1 aliphatic heterocycles. The number of H-pyrrole nitrogens is 1. The van der Waals surface area contributed by atoms with Crippen molar-refractivity contribution in [2.45, 2.75) is 51.6 Å². The van der Waals surface area contributed by atoms with Gasteiger partial charge in [-0.15, -0.1) is 0 Å². The van der Waals surface area contributed by atoms with Crippen LogP contribution in [0.3, 0.4) is 0 Å². The minimum absolute atomic E-state index is 0.0953. The van der Waals surface area contributed by atoms with Crippen molar-refractivity contribution in [2.24, 2.45) is 5.92 Å². The number of esters is 1. The Bertz CT molecular complexity index is 1340. The molecule has 3 heterocycles. The number of rotatable bonds is 14. The molecule has 39 heavy (non-hydrogen) atoms. The molecular weight excluding hydrogens is 502 g/mol. The number of aromatic amines is 1. The molecule has 2 unspecified atom stereocenters. The molecule has 210 valence electrons. The topological polar surface area (TPSA) is 157 Å². The number of carbonyl (C=O) groups excluding carboxylic acids is 2. The molecule has 1 amide bonds. The zero-order valence-electron chi connectivity index (χ0n) is 22.5. The Morgan fingerprint density at radius 1 is 1.31 bits per heavy atom. The molecule has 2 aromatic heterocycles. The molecule has 1 fully saturated rings. The molecule has 12 heteroatoms. The highest BCUT2D eigenvalue weighted by atomic mass is 16.5. The summed E-state index contributed by atoms with van der Waals surface area (Å²) >= 11 is 0. The summed E-state index contributed by atoms with van der Waals surface area (Å²) < 4.78 is 12.4. The van der Waals surface area contributed by atoms with E-state index in [1.54, 1.807) is 4.57 Å². The lowest BCUT2D eigenvalue weighted by atomic mass is 9.84. The molecule has 0 saturated carbocycles. The molecule has 1 aliphatic rings. The molecule has 0 aliphatic carbocycles. The number of nitrogens with zero attached hydrogens (tertiary/aromatic N) is 4. The molecule has 2 atom stereocenters. The van der Waals surface area contributed by atoms with Gasteiger partial charge in [0, 0.05) is 19.6 Å². The standard InChI is InChI=1S/C27H37N7O5/c1-3-4-13-39-26-31-23(28)22-24(32-26)34(27(37)30-22)11-6-10-33-12-9-20(16-33)21(25(36)38-2)19-8-5-7-18(14-19)15-29-17-35/h5,7-8,14,17,20-21H,3-4,6,9-13,15-16H2,1-2H3,(H,29,35)(H,30,37)(H2,28,31,32). The highest BCUT2D eigenvalue weighted by Crippen LogP contribution is 2.33. The van der Waals surface area contributed by atoms with Crippen LogP contribution in [-0.2, 0) is 27.4 Å². The van der Waals surface area contributed by atoms with Gasteiger partial charge < -0.3 is 30.4 Å². The number of benzene rings is 1. The van der Waals surface area contributed by atoms with Gasteiger partial charge in [0.1, 0.15) is 5.52 Å². The van der Waals surface area contributed by atoms with Crippen molar-refractivity contribution in [1.29, 1.82) is 0 Å². The van der Waals surface area contributed by atoms with Crippen LogP contribution in [0.1, 0.15) is 49.7 Å². The number of nitrogens with one attached hydrogen (secondary N) is 2. The monoisotopic (exact) mass is 539 g/mol. The van der Waals surface area contributed by atoms with Crippen molar-refractivity contribution in [2.75, 3.05) is 39.1 Å². The van der Waals surface area contributed by atoms with Gasteiger partial charge in [-0.25, -0.2) is 4.79 Å². The first-order chi connectivity index (χ1) is 18.9. The number of amides is 1. The third-order valence-corrected chi connectivity index (χ3v) is 7.15. The Morgan fingerprint density at radius 2 is 2.15 bits per heavy atom. The summed E-state index contributed by atoms with van der Waals surface area (Å²) in [5.74, 6) is -0.373. The number of carbonyl (C=O) groups is 2. The second-order valence-electron chi connectivity index (χ2n) is 9.82. The fourth-order valence-electron chi connectivity index (χ4n) is 5.18. The minimum Gasteiger partial charge on any atom is -0.469 e. The van der Waals surface area contributed by atoms with Crippen LogP contribution in [0.15, 0.2) is 29.1 Å². The predicted octanol–water partition coefficient (Wildman–Crippen LogP) is 1.80. The second kappa shape index (κ2) is 13.2. The summed E-state index contributed by atoms with van der Waals surface area (Å²) in [5, 5.41) is 2.66. The van der Waals surface area contributed by atoms with E-state index in [-0.39, 0.29) is 29.4 Å². The molecule has 0 radical (unpaired) electrons. The number of unbranched alkanes of at least 4 members (excludes halogenated alkanes) is 1. The van der Waals surface area contributed by atoms with E-state index in [2.05, 4.69) is 32.1 Å². The van der Waals surface area contributed by atoms with Crippen molar-refractivity contribution in [1.82, 2.24) is 29.7 Å². The number of hydrogen-bond donors (Lipinski definition) is 3. The maximum absolute atomic E-state index is 12.8. The minimum atomic E-state index is -0.391. The van der Waals surface area contributed by atoms with E-state index in [1.807, 2.05) is 24.3 Å². The first-order valence-electron chi connectivity index (χ1n) is 13.4. The molecule has 4 N–H and O–H groups in total. The number of fused-ring (bicyclic) bond motifs is 1. The average Bonchev–Trinajstić information content (AvgIpc) is 3.52. The van der Waals surface area contributed by atoms with Crippen molar-refractivity contribution in [3.63, 3.8) is 0 Å². The molecule has 12 nitrogen and oxygen atoms in total. The molecular formula is C27H37N7O5. The Balaban J connectivity index is 1.40. The zero-order valence-corrected chi connectivity index (χ0v) is 22.5. The van der Waals surface area contributed by atoms with Crippen molar-refractivity contribution in [3.8, 4) is 6.01 Å². The molecule has 1 saturated heterocycles. The number of nitrogens with two attached hydrogens (primary N) is 1. The van der Waals surface area contributed by atoms with Crippen molar-refractivity contribution >= 4 is 29.4 Å². The van der Waals surface area contributed by atoms with Crippen LogP contribution in [0, 0.1) is 5.92 Å². The number of ether oxygens (including phenoxy) is 2. The summed E-state index contributed by atoms with van der Waals surface area (Å²) in [5.41, 5.74) is 8.43. The van der Waals surface area contributed by atoms with E-state index < -0.39 is 5.92 Å². The van der Waals surface area contributed by atoms with Crippen LogP contribution in [0.2, 0.25) is 0 Å². The van der Waals surface area contributed by atoms with Crippen molar-refractivity contribution < 1.29 is 19.1 Å². The average molecular weight is 540 g/mol. The van der Waals surface area contributed by atoms with E-state index in [4.69, 9.17) is 15.2 Å². The number of aromatic nitrogens is 4. The fraction of sp³-hybridized carbons (Fsp3) is 0.519. The second-order valence-corrected chi connectivity index (χ2v) is 9.82. The number of nitrogen functional groups attached to an aromatic ring is 1. The maximum atomic E-state index is 12.8. The summed E-state index contributed by atoms with van der Waals surface area (Å²) in [7, 11) is 1.41. The molecule has 0 bridgehead atoms. The van der Waals surface area contributed by atoms with Gasteiger partial charge in [-0.2, -0.15) is 9.97 Å². The Kier molecular flexibility index (Phi) is 9.53. The lowest BCUT2D eigenvalue weighted by Crippen LogP contribution is -2.28. The van der Waals surface area contributed by atoms with E-state index >= 15 is 0 Å². The number of aryl methyl sites for hydroxylation is 1. The van der Waals surface area contributed by atoms with Gasteiger partial charge in [0.15, 0.2) is 11.5 Å². The van der Waals surface area contributed by atoms with Crippen LogP contribution >= 0.6 is 0 Å². The molecule has 1 aromatic carbocycles. The molecule has 3 aromatic rings. The summed E-state index contributed by atoms with van der Waals surface area (Å²) in [6, 6.07) is 7.88. The van der Waals surface area contributed by atoms with E-state index in [0.29, 0.717) is 43.7 Å². The first kappa shape index (κ1) is 28.1. The van der Waals surface area contributed by atoms with Gasteiger partial charge >= 0.3 is 17.7 Å². The number of anilines is 1. The lowest BCUT2D eigenvalue weighted by Gasteiger charge is -2.23. The largest absolute Gasteiger partial charge is 0.469 e. The SMILES string of the molecule is CCCCOc1nc(N)c2[nH]c(=O)n(CCCN3CCC(C(C(=O)OC)c4cccc(CNC=O)c4)C3)c2n1. The van der Waals surface area contributed by atoms with Gasteiger partial charge in [0.2, 0.25) is 6.41 Å². The molecule has 0 spiro atoms. The van der Waals surface area contributed by atoms with Crippen LogP contribution in [0.4, 0.5) is 5.82 Å². The zero-order chi connectivity index (χ0) is 27.8. The number of methoxy groups -OCH3 is 1. The van der Waals surface area contributed by atoms with Gasteiger partial charge in [0.25, 0.3) is 0 Å². The normalized spacial score (nSPS) is 16.3. The smallest absolute Gasteiger partial charge is 0.327 e. The Labute approximate surface area is 226 Å². The number of likely N-dealkylation sites (tertiary alicyclic amines) is 1. The maximum Gasteiger partial charge on any atom is 0.327 e. The van der Waals surface area contributed by atoms with Crippen molar-refractivity contribution in [3.05, 3.63) is 45.9 Å². The summed E-state index contributed by atoms with van der Waals surface area (Å²) in [4.78, 5) is 49.8. The van der Waals surface area contributed by atoms with E-state index in [1.165, 1.54) is 7.11 Å². The number of hydrogen-bond acceptors (Lipinski definition) is 9. The molecule has 4 rings (SSSR count). The third kappa shape index (κ3) is 6.75. The lowest BCUT2D eigenvalue weighted by molar-refractivity contribution is -0.143. The van der Waals surface area contributed by atoms with Crippen LogP contribution in [0.25, 0.3) is 11.2 Å². The Morgan fingerprint density at radius 3 is 2.92 bits per heavy atom. The quantitative estimate of drug-likeness (QED) is 0.158. The number of imidazole rings is 1. The third-order valence-electron chi connectivity index (χ3n) is 7.15. The van der Waals surface area contributed by atoms with Crippen LogP contribution < -0.4 is 21.5 Å². The highest BCUT2D eigenvalue weighted by molar-refractivity contribution is 5.82. The van der Waals surface area contributed by atoms with E-state index in [0.717, 1.165) is 50.0 Å². The Hall–Kier alpha value is -3.93. The van der Waals surface area contributed by atoms with E-state index in [9.17, 15) is 14.4 Å². The predicted molar refractivity (Wildman–Crippen MR) is 146 cm³/mol. The fourth-order valence-corrected chi connectivity index (χ4v) is 5.18. The summed E-state index contributed by atoms with van der Waals surface area (Å²) in [6.45, 7) is 5.75. The van der Waals surface area contributed by atoms with Gasteiger partial charge in [0.05, 0.1) is 19.6 Å². The van der Waals surface area contributed by atoms with Crippen LogP contribution in [-0.4, -0.2) is 70.1 Å². The summed E-state index contributed by atoms with van der Waals surface area (Å²) in [6.07, 6.45) is 4.08. The van der Waals surface area contributed by atoms with Crippen LogP contribution in [0.5, 0.6) is 6.01 Å². The van der Waals surface area contributed by atoms with Gasteiger partial charge in [-0.3, -0.25) is 14.2 Å². The van der Waals surface area contributed by atoms with Gasteiger partial charge in [-0.1, -0.05) is 37.6 Å².